The van der Waals surface area contributed by atoms with Crippen molar-refractivity contribution in [3.05, 3.63) is 33.1 Å². The zero-order valence-corrected chi connectivity index (χ0v) is 16.4. The molecule has 1 atom stereocenters. The first-order valence-corrected chi connectivity index (χ1v) is 11.3. The summed E-state index contributed by atoms with van der Waals surface area (Å²) in [6, 6.07) is 3.41. The summed E-state index contributed by atoms with van der Waals surface area (Å²) in [5.74, 6) is 0.364. The highest BCUT2D eigenvalue weighted by Crippen LogP contribution is 2.23. The second-order valence-corrected chi connectivity index (χ2v) is 10.5. The highest BCUT2D eigenvalue weighted by Gasteiger charge is 2.23. The molecule has 1 aliphatic rings. The Morgan fingerprint density at radius 3 is 2.92 bits per heavy atom. The minimum absolute atomic E-state index is 0.364. The van der Waals surface area contributed by atoms with Crippen molar-refractivity contribution in [3.8, 4) is 0 Å². The van der Waals surface area contributed by atoms with Gasteiger partial charge in [0.25, 0.3) is 0 Å². The van der Waals surface area contributed by atoms with Crippen molar-refractivity contribution < 1.29 is 8.42 Å². The maximum atomic E-state index is 12.2. The Labute approximate surface area is 151 Å². The van der Waals surface area contributed by atoms with Gasteiger partial charge in [0.1, 0.15) is 4.21 Å². The lowest BCUT2D eigenvalue weighted by Crippen LogP contribution is -2.40. The number of thiophene rings is 1. The fourth-order valence-corrected chi connectivity index (χ4v) is 6.23. The van der Waals surface area contributed by atoms with E-state index in [-0.39, 0.29) is 0 Å². The van der Waals surface area contributed by atoms with E-state index in [2.05, 4.69) is 21.5 Å². The van der Waals surface area contributed by atoms with Gasteiger partial charge in [-0.1, -0.05) is 6.07 Å². The number of nitrogens with zero attached hydrogens (tertiary/aromatic N) is 2. The zero-order chi connectivity index (χ0) is 17.2. The summed E-state index contributed by atoms with van der Waals surface area (Å²) in [6.07, 6.45) is 2.19. The molecule has 2 aromatic rings. The normalized spacial score (nSPS) is 19.7. The van der Waals surface area contributed by atoms with Crippen LogP contribution in [0.25, 0.3) is 0 Å². The molecule has 1 saturated heterocycles. The monoisotopic (exact) mass is 385 g/mol. The molecular formula is C16H23N3O2S3. The summed E-state index contributed by atoms with van der Waals surface area (Å²) in [4.78, 5) is 8.24. The lowest BCUT2D eigenvalue weighted by Gasteiger charge is -2.32. The Bertz CT molecular complexity index is 769. The van der Waals surface area contributed by atoms with Crippen molar-refractivity contribution in [3.63, 3.8) is 0 Å². The third-order valence-electron chi connectivity index (χ3n) is 4.29. The number of thiazole rings is 1. The molecule has 0 spiro atoms. The number of hydrogen-bond acceptors (Lipinski definition) is 6. The van der Waals surface area contributed by atoms with Crippen LogP contribution in [0, 0.1) is 19.8 Å². The Hall–Kier alpha value is -0.800. The van der Waals surface area contributed by atoms with Crippen LogP contribution in [-0.2, 0) is 16.6 Å². The maximum absolute atomic E-state index is 12.2. The van der Waals surface area contributed by atoms with Gasteiger partial charge in [-0.05, 0) is 50.6 Å². The van der Waals surface area contributed by atoms with E-state index in [0.29, 0.717) is 16.7 Å². The van der Waals surface area contributed by atoms with Crippen LogP contribution < -0.4 is 4.72 Å². The summed E-state index contributed by atoms with van der Waals surface area (Å²) < 4.78 is 27.6. The fraction of sp³-hybridized carbons (Fsp3) is 0.562. The van der Waals surface area contributed by atoms with E-state index >= 15 is 0 Å². The Morgan fingerprint density at radius 2 is 2.25 bits per heavy atom. The number of likely N-dealkylation sites (tertiary alicyclic amines) is 1. The summed E-state index contributed by atoms with van der Waals surface area (Å²) in [7, 11) is -3.35. The fourth-order valence-electron chi connectivity index (χ4n) is 3.10. The van der Waals surface area contributed by atoms with Crippen LogP contribution in [0.4, 0.5) is 0 Å². The summed E-state index contributed by atoms with van der Waals surface area (Å²) in [5.41, 5.74) is 1.12. The molecule has 2 aromatic heterocycles. The predicted octanol–water partition coefficient (Wildman–Crippen LogP) is 3.01. The molecule has 3 rings (SSSR count). The van der Waals surface area contributed by atoms with Crippen molar-refractivity contribution >= 4 is 32.7 Å². The van der Waals surface area contributed by atoms with Crippen LogP contribution in [0.3, 0.4) is 0 Å². The second-order valence-electron chi connectivity index (χ2n) is 6.27. The molecule has 1 unspecified atom stereocenters. The van der Waals surface area contributed by atoms with Gasteiger partial charge < -0.3 is 0 Å². The molecule has 0 amide bonds. The van der Waals surface area contributed by atoms with Gasteiger partial charge >= 0.3 is 0 Å². The molecule has 1 aliphatic heterocycles. The van der Waals surface area contributed by atoms with Gasteiger partial charge in [-0.15, -0.1) is 22.7 Å². The highest BCUT2D eigenvalue weighted by molar-refractivity contribution is 7.91. The van der Waals surface area contributed by atoms with Gasteiger partial charge in [-0.25, -0.2) is 18.1 Å². The van der Waals surface area contributed by atoms with E-state index < -0.39 is 10.0 Å². The molecule has 8 heteroatoms. The van der Waals surface area contributed by atoms with Crippen molar-refractivity contribution in [2.45, 2.75) is 37.4 Å². The van der Waals surface area contributed by atoms with E-state index in [9.17, 15) is 8.42 Å². The number of hydrogen-bond donors (Lipinski definition) is 1. The minimum Gasteiger partial charge on any atom is -0.298 e. The predicted molar refractivity (Wildman–Crippen MR) is 99.1 cm³/mol. The molecule has 1 fully saturated rings. The molecule has 0 bridgehead atoms. The average molecular weight is 386 g/mol. The van der Waals surface area contributed by atoms with Crippen molar-refractivity contribution in [2.24, 2.45) is 5.92 Å². The van der Waals surface area contributed by atoms with Crippen LogP contribution in [0.2, 0.25) is 0 Å². The summed E-state index contributed by atoms with van der Waals surface area (Å²) in [6.45, 7) is 7.55. The van der Waals surface area contributed by atoms with Gasteiger partial charge in [-0.3, -0.25) is 4.90 Å². The van der Waals surface area contributed by atoms with Crippen molar-refractivity contribution in [2.75, 3.05) is 19.6 Å². The first-order valence-electron chi connectivity index (χ1n) is 8.12. The largest absolute Gasteiger partial charge is 0.298 e. The van der Waals surface area contributed by atoms with Gasteiger partial charge in [0.15, 0.2) is 0 Å². The molecule has 132 valence electrons. The number of nitrogens with one attached hydrogen (secondary N) is 1. The second kappa shape index (κ2) is 7.61. The maximum Gasteiger partial charge on any atom is 0.250 e. The molecule has 1 N–H and O–H groups in total. The van der Waals surface area contributed by atoms with Gasteiger partial charge in [0.05, 0.1) is 10.7 Å². The summed E-state index contributed by atoms with van der Waals surface area (Å²) >= 11 is 3.02. The average Bonchev–Trinajstić information content (AvgIpc) is 3.17. The molecule has 0 saturated carbocycles. The van der Waals surface area contributed by atoms with Gasteiger partial charge in [-0.2, -0.15) is 0 Å². The Morgan fingerprint density at radius 1 is 1.42 bits per heavy atom. The lowest BCUT2D eigenvalue weighted by atomic mass is 9.98. The number of sulfonamides is 1. The smallest absolute Gasteiger partial charge is 0.250 e. The molecule has 0 aromatic carbocycles. The third-order valence-corrected chi connectivity index (χ3v) is 8.17. The molecule has 5 nitrogen and oxygen atoms in total. The van der Waals surface area contributed by atoms with E-state index in [1.165, 1.54) is 16.2 Å². The van der Waals surface area contributed by atoms with Crippen LogP contribution >= 0.6 is 22.7 Å². The molecule has 0 radical (unpaired) electrons. The number of piperidine rings is 1. The Kier molecular flexibility index (Phi) is 5.71. The van der Waals surface area contributed by atoms with E-state index in [1.807, 2.05) is 6.92 Å². The molecule has 24 heavy (non-hydrogen) atoms. The highest BCUT2D eigenvalue weighted by atomic mass is 32.2. The SMILES string of the molecule is Cc1nc(C)c(CN2CCCC(CNS(=O)(=O)c3cccs3)C2)s1. The standard InChI is InChI=1S/C16H23N3O2S3/c1-12-15(23-13(2)18-12)11-19-7-3-5-14(10-19)9-17-24(20,21)16-6-4-8-22-16/h4,6,8,14,17H,3,5,7,9-11H2,1-2H3. The van der Waals surface area contributed by atoms with Crippen LogP contribution in [0.1, 0.15) is 28.4 Å². The lowest BCUT2D eigenvalue weighted by molar-refractivity contribution is 0.170. The van der Waals surface area contributed by atoms with E-state index in [1.54, 1.807) is 28.8 Å². The first kappa shape index (κ1) is 18.0. The van der Waals surface area contributed by atoms with Crippen LogP contribution in [0.15, 0.2) is 21.7 Å². The topological polar surface area (TPSA) is 62.3 Å². The number of aryl methyl sites for hydroxylation is 2. The van der Waals surface area contributed by atoms with Crippen LogP contribution in [0.5, 0.6) is 0 Å². The molecule has 0 aliphatic carbocycles. The van der Waals surface area contributed by atoms with E-state index in [0.717, 1.165) is 43.2 Å². The van der Waals surface area contributed by atoms with Crippen LogP contribution in [-0.4, -0.2) is 37.9 Å². The number of rotatable bonds is 6. The molecule has 3 heterocycles. The van der Waals surface area contributed by atoms with Crippen molar-refractivity contribution in [1.82, 2.24) is 14.6 Å². The molecular weight excluding hydrogens is 362 g/mol. The third kappa shape index (κ3) is 4.43. The van der Waals surface area contributed by atoms with Gasteiger partial charge in [0.2, 0.25) is 10.0 Å². The quantitative estimate of drug-likeness (QED) is 0.830. The number of aromatic nitrogens is 1. The first-order chi connectivity index (χ1) is 11.4. The van der Waals surface area contributed by atoms with E-state index in [4.69, 9.17) is 0 Å². The summed E-state index contributed by atoms with van der Waals surface area (Å²) in [5, 5.41) is 2.90. The minimum atomic E-state index is -3.35. The van der Waals surface area contributed by atoms with Gasteiger partial charge in [0, 0.05) is 24.5 Å². The Balaban J connectivity index is 1.55. The zero-order valence-electron chi connectivity index (χ0n) is 14.0. The van der Waals surface area contributed by atoms with Crippen molar-refractivity contribution in [1.29, 1.82) is 0 Å².